The zero-order chi connectivity index (χ0) is 21.0. The molecular formula is C15H22Cl2N3O6P. The Bertz CT molecular complexity index is 673. The van der Waals surface area contributed by atoms with E-state index < -0.39 is 18.5 Å². The van der Waals surface area contributed by atoms with Gasteiger partial charge in [-0.05, 0) is 6.92 Å². The summed E-state index contributed by atoms with van der Waals surface area (Å²) in [4.78, 5) is 34.0. The van der Waals surface area contributed by atoms with Crippen LogP contribution >= 0.6 is 30.7 Å². The van der Waals surface area contributed by atoms with E-state index in [4.69, 9.17) is 32.5 Å². The average molecular weight is 442 g/mol. The topological polar surface area (TPSA) is 120 Å². The van der Waals surface area contributed by atoms with Gasteiger partial charge in [0.15, 0.2) is 0 Å². The Hall–Kier alpha value is -1.38. The Morgan fingerprint density at radius 3 is 2.41 bits per heavy atom. The maximum Gasteiger partial charge on any atom is 0.272 e. The highest BCUT2D eigenvalue weighted by Crippen LogP contribution is 2.51. The van der Waals surface area contributed by atoms with Crippen LogP contribution in [0, 0.1) is 10.1 Å². The summed E-state index contributed by atoms with van der Waals surface area (Å²) in [5.41, 5.74) is -0.0189. The first kappa shape index (κ1) is 25.6. The Labute approximate surface area is 167 Å². The number of alkyl halides is 2. The molecule has 152 valence electrons. The van der Waals surface area contributed by atoms with Crippen LogP contribution in [0.1, 0.15) is 25.1 Å². The Balaban J connectivity index is 0.00000326. The molecule has 0 N–H and O–H groups in total. The predicted octanol–water partition coefficient (Wildman–Crippen LogP) is 3.44. The highest BCUT2D eigenvalue weighted by molar-refractivity contribution is 7.55. The molecular weight excluding hydrogens is 420 g/mol. The van der Waals surface area contributed by atoms with Crippen molar-refractivity contribution < 1.29 is 23.6 Å². The fourth-order valence-electron chi connectivity index (χ4n) is 2.16. The largest absolute Gasteiger partial charge is 0.307 e. The lowest BCUT2D eigenvalue weighted by Gasteiger charge is -2.30. The SMILES string of the molecule is C=O.CC(=O)CC(OP(C)(=O)N(CCCl)CCCl)c1cc([N+](=O)[O-])ccn1. The van der Waals surface area contributed by atoms with Gasteiger partial charge in [0, 0.05) is 56.3 Å². The van der Waals surface area contributed by atoms with Crippen LogP contribution in [0.5, 0.6) is 0 Å². The monoisotopic (exact) mass is 441 g/mol. The highest BCUT2D eigenvalue weighted by Gasteiger charge is 2.31. The molecule has 0 bridgehead atoms. The van der Waals surface area contributed by atoms with Crippen LogP contribution in [0.3, 0.4) is 0 Å². The summed E-state index contributed by atoms with van der Waals surface area (Å²) in [6.07, 6.45) is 0.169. The van der Waals surface area contributed by atoms with Crippen LogP contribution in [0.15, 0.2) is 18.3 Å². The number of nitrogens with zero attached hydrogens (tertiary/aromatic N) is 3. The maximum absolute atomic E-state index is 13.0. The Kier molecular flexibility index (Phi) is 12.2. The zero-order valence-corrected chi connectivity index (χ0v) is 17.5. The fourth-order valence-corrected chi connectivity index (χ4v) is 4.51. The molecule has 1 aromatic rings. The molecule has 0 amide bonds. The van der Waals surface area contributed by atoms with Gasteiger partial charge in [0.1, 0.15) is 18.7 Å². The van der Waals surface area contributed by atoms with Gasteiger partial charge in [-0.2, -0.15) is 0 Å². The second kappa shape index (κ2) is 12.9. The van der Waals surface area contributed by atoms with Crippen molar-refractivity contribution in [3.05, 3.63) is 34.1 Å². The third kappa shape index (κ3) is 8.90. The number of pyridine rings is 1. The van der Waals surface area contributed by atoms with E-state index in [1.807, 2.05) is 6.79 Å². The van der Waals surface area contributed by atoms with Gasteiger partial charge in [-0.3, -0.25) is 24.5 Å². The normalized spacial score (nSPS) is 14.0. The third-order valence-electron chi connectivity index (χ3n) is 3.30. The predicted molar refractivity (Wildman–Crippen MR) is 104 cm³/mol. The van der Waals surface area contributed by atoms with Crippen LogP contribution < -0.4 is 0 Å². The van der Waals surface area contributed by atoms with Crippen LogP contribution in [0.2, 0.25) is 0 Å². The number of carbonyl (C=O) groups excluding carboxylic acids is 2. The number of Topliss-reactive ketones (excluding diaryl/α,β-unsaturated/α-hetero) is 1. The lowest BCUT2D eigenvalue weighted by molar-refractivity contribution is -0.385. The number of ketones is 1. The third-order valence-corrected chi connectivity index (χ3v) is 5.71. The first-order valence-corrected chi connectivity index (χ1v) is 10.8. The van der Waals surface area contributed by atoms with Gasteiger partial charge < -0.3 is 9.32 Å². The second-order valence-electron chi connectivity index (χ2n) is 5.33. The van der Waals surface area contributed by atoms with Gasteiger partial charge in [-0.25, -0.2) is 4.67 Å². The minimum absolute atomic E-state index is 0.110. The minimum atomic E-state index is -3.35. The molecule has 1 rings (SSSR count). The number of halogens is 2. The van der Waals surface area contributed by atoms with Gasteiger partial charge >= 0.3 is 0 Å². The van der Waals surface area contributed by atoms with Gasteiger partial charge in [-0.1, -0.05) is 0 Å². The summed E-state index contributed by atoms with van der Waals surface area (Å²) < 4.78 is 20.2. The van der Waals surface area contributed by atoms with E-state index >= 15 is 0 Å². The first-order valence-electron chi connectivity index (χ1n) is 7.73. The molecule has 0 fully saturated rings. The molecule has 0 aliphatic carbocycles. The molecule has 1 aromatic heterocycles. The van der Waals surface area contributed by atoms with Gasteiger partial charge in [-0.15, -0.1) is 23.2 Å². The molecule has 27 heavy (non-hydrogen) atoms. The second-order valence-corrected chi connectivity index (χ2v) is 8.47. The van der Waals surface area contributed by atoms with Crippen molar-refractivity contribution in [1.29, 1.82) is 0 Å². The molecule has 9 nitrogen and oxygen atoms in total. The Morgan fingerprint density at radius 2 is 1.96 bits per heavy atom. The van der Waals surface area contributed by atoms with E-state index in [0.717, 1.165) is 0 Å². The van der Waals surface area contributed by atoms with Crippen molar-refractivity contribution in [1.82, 2.24) is 9.65 Å². The van der Waals surface area contributed by atoms with Gasteiger partial charge in [0.05, 0.1) is 10.6 Å². The van der Waals surface area contributed by atoms with Crippen molar-refractivity contribution >= 4 is 49.0 Å². The summed E-state index contributed by atoms with van der Waals surface area (Å²) in [5.74, 6) is 0.231. The summed E-state index contributed by atoms with van der Waals surface area (Å²) in [6, 6.07) is 2.44. The number of hydrogen-bond donors (Lipinski definition) is 0. The molecule has 12 heteroatoms. The summed E-state index contributed by atoms with van der Waals surface area (Å²) >= 11 is 11.5. The standard InChI is InChI=1S/C14H20Cl2N3O5P.CH2O/c1-11(20)9-14(13-10-12(19(21)22)3-6-17-13)24-25(2,23)18(7-4-15)8-5-16;1-2/h3,6,10,14H,4-5,7-9H2,1-2H3;1H2. The maximum atomic E-state index is 13.0. The lowest BCUT2D eigenvalue weighted by Crippen LogP contribution is -2.27. The molecule has 0 aromatic carbocycles. The van der Waals surface area contributed by atoms with Crippen molar-refractivity contribution in [2.75, 3.05) is 31.5 Å². The number of nitro groups is 1. The Morgan fingerprint density at radius 1 is 1.41 bits per heavy atom. The van der Waals surface area contributed by atoms with E-state index in [1.165, 1.54) is 36.6 Å². The lowest BCUT2D eigenvalue weighted by atomic mass is 10.1. The average Bonchev–Trinajstić information content (AvgIpc) is 2.62. The van der Waals surface area contributed by atoms with Gasteiger partial charge in [0.25, 0.3) is 13.2 Å². The van der Waals surface area contributed by atoms with Crippen LogP contribution in [-0.2, 0) is 18.7 Å². The molecule has 0 aliphatic heterocycles. The first-order chi connectivity index (χ1) is 12.7. The summed E-state index contributed by atoms with van der Waals surface area (Å²) in [7, 11) is -3.35. The van der Waals surface area contributed by atoms with Crippen molar-refractivity contribution in [3.8, 4) is 0 Å². The van der Waals surface area contributed by atoms with Crippen molar-refractivity contribution in [2.24, 2.45) is 0 Å². The number of rotatable bonds is 11. The molecule has 2 atom stereocenters. The molecule has 1 heterocycles. The molecule has 0 radical (unpaired) electrons. The minimum Gasteiger partial charge on any atom is -0.307 e. The number of carbonyl (C=O) groups is 2. The molecule has 0 spiro atoms. The van der Waals surface area contributed by atoms with E-state index in [9.17, 15) is 19.5 Å². The van der Waals surface area contributed by atoms with Crippen molar-refractivity contribution in [3.63, 3.8) is 0 Å². The quantitative estimate of drug-likeness (QED) is 0.221. The van der Waals surface area contributed by atoms with Crippen LogP contribution in [0.4, 0.5) is 5.69 Å². The van der Waals surface area contributed by atoms with E-state index in [1.54, 1.807) is 0 Å². The molecule has 2 unspecified atom stereocenters. The summed E-state index contributed by atoms with van der Waals surface area (Å²) in [6.45, 7) is 5.33. The van der Waals surface area contributed by atoms with E-state index in [0.29, 0.717) is 0 Å². The smallest absolute Gasteiger partial charge is 0.272 e. The molecule has 0 aliphatic rings. The number of hydrogen-bond acceptors (Lipinski definition) is 7. The molecule has 0 saturated heterocycles. The van der Waals surface area contributed by atoms with Gasteiger partial charge in [0.2, 0.25) is 0 Å². The highest BCUT2D eigenvalue weighted by atomic mass is 35.5. The van der Waals surface area contributed by atoms with Crippen LogP contribution in [0.25, 0.3) is 0 Å². The number of aromatic nitrogens is 1. The fraction of sp³-hybridized carbons (Fsp3) is 0.533. The summed E-state index contributed by atoms with van der Waals surface area (Å²) in [5, 5.41) is 10.9. The zero-order valence-electron chi connectivity index (χ0n) is 15.0. The van der Waals surface area contributed by atoms with Crippen molar-refractivity contribution in [2.45, 2.75) is 19.4 Å². The molecule has 0 saturated carbocycles. The van der Waals surface area contributed by atoms with E-state index in [-0.39, 0.29) is 48.4 Å². The van der Waals surface area contributed by atoms with Crippen LogP contribution in [-0.4, -0.2) is 58.7 Å². The van der Waals surface area contributed by atoms with E-state index in [2.05, 4.69) is 4.98 Å².